The summed E-state index contributed by atoms with van der Waals surface area (Å²) in [4.78, 5) is 16.4. The smallest absolute Gasteiger partial charge is 0.399 e. The van der Waals surface area contributed by atoms with Gasteiger partial charge >= 0.3 is 6.18 Å². The first-order valence-corrected chi connectivity index (χ1v) is 7.26. The summed E-state index contributed by atoms with van der Waals surface area (Å²) in [7, 11) is 0. The van der Waals surface area contributed by atoms with Crippen LogP contribution in [0.2, 0.25) is 0 Å². The number of benzene rings is 1. The van der Waals surface area contributed by atoms with Gasteiger partial charge in [0.05, 0.1) is 5.52 Å². The number of fused-ring (bicyclic) bond motifs is 1. The highest BCUT2D eigenvalue weighted by Gasteiger charge is 2.37. The Hall–Kier alpha value is -2.83. The number of nitrogens with two attached hydrogens (primary N) is 1. The molecule has 2 aromatic heterocycles. The van der Waals surface area contributed by atoms with Crippen LogP contribution in [-0.4, -0.2) is 15.5 Å². The molecule has 3 rings (SSSR count). The number of carbonyl (C=O) groups is 1. The SMILES string of the molecule is Nc1ccc2c(c1)cc(C(F)(F)F)n2C(=O)CCc1cccnc1. The van der Waals surface area contributed by atoms with Crippen molar-refractivity contribution in [3.63, 3.8) is 0 Å². The molecule has 0 aliphatic heterocycles. The van der Waals surface area contributed by atoms with Gasteiger partial charge in [-0.05, 0) is 42.3 Å². The van der Waals surface area contributed by atoms with Crippen molar-refractivity contribution in [2.45, 2.75) is 19.0 Å². The summed E-state index contributed by atoms with van der Waals surface area (Å²) >= 11 is 0. The van der Waals surface area contributed by atoms with Crippen LogP contribution in [0.3, 0.4) is 0 Å². The lowest BCUT2D eigenvalue weighted by molar-refractivity contribution is -0.142. The highest BCUT2D eigenvalue weighted by molar-refractivity contribution is 5.95. The number of hydrogen-bond donors (Lipinski definition) is 1. The third kappa shape index (κ3) is 3.10. The number of alkyl halides is 3. The second-order valence-electron chi connectivity index (χ2n) is 5.44. The topological polar surface area (TPSA) is 60.9 Å². The lowest BCUT2D eigenvalue weighted by Crippen LogP contribution is -2.20. The number of halogens is 3. The Bertz CT molecular complexity index is 885. The van der Waals surface area contributed by atoms with E-state index in [4.69, 9.17) is 5.73 Å². The molecule has 2 N–H and O–H groups in total. The van der Waals surface area contributed by atoms with E-state index in [1.165, 1.54) is 18.2 Å². The van der Waals surface area contributed by atoms with E-state index < -0.39 is 17.8 Å². The van der Waals surface area contributed by atoms with E-state index in [2.05, 4.69) is 4.98 Å². The molecule has 0 atom stereocenters. The molecule has 0 fully saturated rings. The average Bonchev–Trinajstić information content (AvgIpc) is 2.92. The highest BCUT2D eigenvalue weighted by atomic mass is 19.4. The van der Waals surface area contributed by atoms with Crippen molar-refractivity contribution in [3.05, 3.63) is 60.0 Å². The molecular weight excluding hydrogens is 319 g/mol. The van der Waals surface area contributed by atoms with Crippen molar-refractivity contribution in [2.75, 3.05) is 5.73 Å². The van der Waals surface area contributed by atoms with E-state index in [0.29, 0.717) is 12.1 Å². The third-order valence-corrected chi connectivity index (χ3v) is 3.72. The van der Waals surface area contributed by atoms with Crippen LogP contribution < -0.4 is 5.73 Å². The number of nitrogens with zero attached hydrogens (tertiary/aromatic N) is 2. The molecule has 0 aliphatic rings. The van der Waals surface area contributed by atoms with Crippen molar-refractivity contribution in [1.29, 1.82) is 0 Å². The molecule has 124 valence electrons. The van der Waals surface area contributed by atoms with Gasteiger partial charge in [-0.2, -0.15) is 13.2 Å². The third-order valence-electron chi connectivity index (χ3n) is 3.72. The second-order valence-corrected chi connectivity index (χ2v) is 5.44. The van der Waals surface area contributed by atoms with Crippen molar-refractivity contribution in [1.82, 2.24) is 9.55 Å². The number of pyridine rings is 1. The summed E-state index contributed by atoms with van der Waals surface area (Å²) in [6, 6.07) is 8.78. The minimum Gasteiger partial charge on any atom is -0.399 e. The van der Waals surface area contributed by atoms with Gasteiger partial charge in [-0.1, -0.05) is 6.07 Å². The van der Waals surface area contributed by atoms with Crippen LogP contribution in [-0.2, 0) is 12.6 Å². The number of aryl methyl sites for hydroxylation is 1. The molecule has 2 heterocycles. The molecule has 0 radical (unpaired) electrons. The maximum atomic E-state index is 13.3. The van der Waals surface area contributed by atoms with Gasteiger partial charge < -0.3 is 5.73 Å². The van der Waals surface area contributed by atoms with E-state index in [1.54, 1.807) is 24.5 Å². The molecule has 1 aromatic carbocycles. The Morgan fingerprint density at radius 2 is 2.00 bits per heavy atom. The van der Waals surface area contributed by atoms with E-state index in [1.807, 2.05) is 0 Å². The van der Waals surface area contributed by atoms with Crippen LogP contribution in [0, 0.1) is 0 Å². The average molecular weight is 333 g/mol. The van der Waals surface area contributed by atoms with Crippen molar-refractivity contribution < 1.29 is 18.0 Å². The Morgan fingerprint density at radius 3 is 2.67 bits per heavy atom. The fraction of sp³-hybridized carbons (Fsp3) is 0.176. The normalized spacial score (nSPS) is 11.8. The van der Waals surface area contributed by atoms with Gasteiger partial charge in [-0.25, -0.2) is 0 Å². The van der Waals surface area contributed by atoms with Gasteiger partial charge in [0.25, 0.3) is 0 Å². The maximum Gasteiger partial charge on any atom is 0.431 e. The predicted molar refractivity (Wildman–Crippen MR) is 84.5 cm³/mol. The number of rotatable bonds is 3. The number of aromatic nitrogens is 2. The number of anilines is 1. The van der Waals surface area contributed by atoms with Gasteiger partial charge in [0.1, 0.15) is 5.69 Å². The largest absolute Gasteiger partial charge is 0.431 e. The standard InChI is InChI=1S/C17H14F3N3O/c18-17(19,20)15-9-12-8-13(21)4-5-14(12)23(15)16(24)6-3-11-2-1-7-22-10-11/h1-2,4-5,7-10H,3,6,21H2. The Balaban J connectivity index is 1.98. The predicted octanol–water partition coefficient (Wildman–Crippen LogP) is 3.91. The van der Waals surface area contributed by atoms with Gasteiger partial charge in [0.15, 0.2) is 0 Å². The summed E-state index contributed by atoms with van der Waals surface area (Å²) in [5.41, 5.74) is 5.97. The Morgan fingerprint density at radius 1 is 1.21 bits per heavy atom. The summed E-state index contributed by atoms with van der Waals surface area (Å²) in [5.74, 6) is -0.619. The van der Waals surface area contributed by atoms with Crippen LogP contribution in [0.4, 0.5) is 18.9 Å². The molecule has 0 bridgehead atoms. The Kier molecular flexibility index (Phi) is 4.01. The summed E-state index contributed by atoms with van der Waals surface area (Å²) in [5, 5.41) is 0.289. The second kappa shape index (κ2) is 5.99. The zero-order valence-corrected chi connectivity index (χ0v) is 12.5. The lowest BCUT2D eigenvalue weighted by Gasteiger charge is -2.12. The molecule has 4 nitrogen and oxygen atoms in total. The molecule has 3 aromatic rings. The molecule has 0 unspecified atom stereocenters. The van der Waals surface area contributed by atoms with Gasteiger partial charge in [0.2, 0.25) is 5.91 Å². The first-order valence-electron chi connectivity index (χ1n) is 7.26. The van der Waals surface area contributed by atoms with E-state index in [9.17, 15) is 18.0 Å². The fourth-order valence-corrected chi connectivity index (χ4v) is 2.62. The number of carbonyl (C=O) groups excluding carboxylic acids is 1. The molecule has 0 spiro atoms. The van der Waals surface area contributed by atoms with Crippen LogP contribution in [0.5, 0.6) is 0 Å². The van der Waals surface area contributed by atoms with Crippen LogP contribution in [0.15, 0.2) is 48.8 Å². The zero-order valence-electron chi connectivity index (χ0n) is 12.5. The molecule has 24 heavy (non-hydrogen) atoms. The molecule has 0 saturated carbocycles. The highest BCUT2D eigenvalue weighted by Crippen LogP contribution is 2.35. The Labute approximate surface area is 135 Å². The lowest BCUT2D eigenvalue weighted by atomic mass is 10.1. The van der Waals surface area contributed by atoms with E-state index >= 15 is 0 Å². The first-order chi connectivity index (χ1) is 11.4. The van der Waals surface area contributed by atoms with Gasteiger partial charge in [-0.15, -0.1) is 0 Å². The van der Waals surface area contributed by atoms with Crippen LogP contribution in [0.25, 0.3) is 10.9 Å². The molecule has 0 aliphatic carbocycles. The van der Waals surface area contributed by atoms with Gasteiger partial charge in [0, 0.05) is 29.9 Å². The minimum absolute atomic E-state index is 0.0526. The minimum atomic E-state index is -4.63. The van der Waals surface area contributed by atoms with E-state index in [-0.39, 0.29) is 17.3 Å². The monoisotopic (exact) mass is 333 g/mol. The summed E-state index contributed by atoms with van der Waals surface area (Å²) < 4.78 is 40.6. The molecule has 0 amide bonds. The zero-order chi connectivity index (χ0) is 17.3. The molecular formula is C17H14F3N3O. The van der Waals surface area contributed by atoms with Crippen LogP contribution in [0.1, 0.15) is 22.5 Å². The summed E-state index contributed by atoms with van der Waals surface area (Å²) in [6.45, 7) is 0. The first kappa shape index (κ1) is 16.0. The van der Waals surface area contributed by atoms with Gasteiger partial charge in [-0.3, -0.25) is 14.3 Å². The number of nitrogen functional groups attached to an aromatic ring is 1. The fourth-order valence-electron chi connectivity index (χ4n) is 2.62. The van der Waals surface area contributed by atoms with Crippen molar-refractivity contribution in [3.8, 4) is 0 Å². The van der Waals surface area contributed by atoms with Crippen LogP contribution >= 0.6 is 0 Å². The maximum absolute atomic E-state index is 13.3. The van der Waals surface area contributed by atoms with Crippen molar-refractivity contribution in [2.24, 2.45) is 0 Å². The van der Waals surface area contributed by atoms with Crippen molar-refractivity contribution >= 4 is 22.5 Å². The molecule has 7 heteroatoms. The van der Waals surface area contributed by atoms with E-state index in [0.717, 1.165) is 16.2 Å². The quantitative estimate of drug-likeness (QED) is 0.739. The summed E-state index contributed by atoms with van der Waals surface area (Å²) in [6.07, 6.45) is -1.18. The molecule has 0 saturated heterocycles. The number of hydrogen-bond acceptors (Lipinski definition) is 3.